The van der Waals surface area contributed by atoms with Crippen LogP contribution in [0.15, 0.2) is 18.2 Å². The van der Waals surface area contributed by atoms with Crippen LogP contribution >= 0.6 is 0 Å². The normalized spacial score (nSPS) is 25.6. The molecule has 0 saturated carbocycles. The first-order valence-corrected chi connectivity index (χ1v) is 15.7. The second kappa shape index (κ2) is 10.9. The van der Waals surface area contributed by atoms with Gasteiger partial charge in [0.1, 0.15) is 29.9 Å². The van der Waals surface area contributed by atoms with Crippen LogP contribution in [0.3, 0.4) is 0 Å². The maximum absolute atomic E-state index is 16.9. The Kier molecular flexibility index (Phi) is 6.97. The van der Waals surface area contributed by atoms with Gasteiger partial charge < -0.3 is 20.7 Å². The molecule has 4 saturated heterocycles. The lowest BCUT2D eigenvalue weighted by Crippen LogP contribution is -2.51. The molecule has 0 spiro atoms. The SMILES string of the molecule is C#Cc1c(F)c(F)c(F)c2cc(N)cc(-c3c(F)cc4c(N5CC6CCC(C5)N6)nc(OCC56CCCN5CC(F)C6)nc4c3F)c12. The average Bonchev–Trinajstić information content (AvgIpc) is 3.69. The van der Waals surface area contributed by atoms with Crippen LogP contribution in [0, 0.1) is 41.4 Å². The van der Waals surface area contributed by atoms with E-state index in [2.05, 4.69) is 20.2 Å². The molecule has 0 aliphatic carbocycles. The minimum atomic E-state index is -1.83. The summed E-state index contributed by atoms with van der Waals surface area (Å²) in [4.78, 5) is 13.1. The lowest BCUT2D eigenvalue weighted by Gasteiger charge is -2.34. The minimum absolute atomic E-state index is 0.0662. The van der Waals surface area contributed by atoms with E-state index in [4.69, 9.17) is 16.9 Å². The Morgan fingerprint density at radius 3 is 2.49 bits per heavy atom. The zero-order chi connectivity index (χ0) is 32.8. The highest BCUT2D eigenvalue weighted by Crippen LogP contribution is 2.44. The van der Waals surface area contributed by atoms with Crippen molar-refractivity contribution in [2.24, 2.45) is 0 Å². The van der Waals surface area contributed by atoms with E-state index in [1.54, 1.807) is 0 Å². The van der Waals surface area contributed by atoms with E-state index in [0.29, 0.717) is 26.1 Å². The summed E-state index contributed by atoms with van der Waals surface area (Å²) < 4.78 is 98.1. The van der Waals surface area contributed by atoms with Crippen molar-refractivity contribution in [1.29, 1.82) is 0 Å². The van der Waals surface area contributed by atoms with Crippen molar-refractivity contribution in [3.8, 4) is 29.5 Å². The predicted octanol–water partition coefficient (Wildman–Crippen LogP) is 5.60. The number of nitrogens with zero attached hydrogens (tertiary/aromatic N) is 4. The number of fused-ring (bicyclic) bond motifs is 5. The molecule has 13 heteroatoms. The third-order valence-corrected chi connectivity index (χ3v) is 10.3. The van der Waals surface area contributed by atoms with Crippen molar-refractivity contribution in [1.82, 2.24) is 20.2 Å². The molecule has 8 rings (SSSR count). The Balaban J connectivity index is 1.32. The number of ether oxygens (including phenoxy) is 1. The van der Waals surface area contributed by atoms with Gasteiger partial charge in [0.05, 0.1) is 16.7 Å². The number of alkyl halides is 1. The Labute approximate surface area is 266 Å². The fourth-order valence-corrected chi connectivity index (χ4v) is 8.20. The van der Waals surface area contributed by atoms with Crippen molar-refractivity contribution in [2.45, 2.75) is 55.9 Å². The summed E-state index contributed by atoms with van der Waals surface area (Å²) in [5.74, 6) is -5.08. The molecule has 4 aromatic rings. The summed E-state index contributed by atoms with van der Waals surface area (Å²) in [6, 6.07) is 3.37. The largest absolute Gasteiger partial charge is 0.461 e. The van der Waals surface area contributed by atoms with Crippen LogP contribution in [0.2, 0.25) is 0 Å². The first kappa shape index (κ1) is 30.1. The number of nitrogens with one attached hydrogen (secondary N) is 1. The van der Waals surface area contributed by atoms with Crippen molar-refractivity contribution in [3.63, 3.8) is 0 Å². The fraction of sp³-hybridized carbons (Fsp3) is 0.412. The predicted molar refractivity (Wildman–Crippen MR) is 165 cm³/mol. The van der Waals surface area contributed by atoms with E-state index in [1.165, 1.54) is 0 Å². The standard InChI is InChI=1S/C34H30F6N6O/c1-2-20-25-21(8-17(41)9-22(25)28(38)30(40)27(20)37)26-24(36)10-23-31(29(26)39)43-33(44-32(23)45-13-18-4-5-19(14-45)42-18)47-15-34-6-3-7-46(34)12-16(35)11-34/h1,8-10,16,18-19,42H,3-7,11-15,41H2. The molecule has 4 aliphatic rings. The van der Waals surface area contributed by atoms with Crippen molar-refractivity contribution in [3.05, 3.63) is 52.8 Å². The van der Waals surface area contributed by atoms with Gasteiger partial charge in [0.2, 0.25) is 0 Å². The zero-order valence-corrected chi connectivity index (χ0v) is 25.2. The third kappa shape index (κ3) is 4.67. The Morgan fingerprint density at radius 1 is 0.979 bits per heavy atom. The highest BCUT2D eigenvalue weighted by Gasteiger charge is 2.49. The third-order valence-electron chi connectivity index (χ3n) is 10.3. The second-order valence-corrected chi connectivity index (χ2v) is 13.1. The van der Waals surface area contributed by atoms with E-state index >= 15 is 13.2 Å². The molecule has 244 valence electrons. The summed E-state index contributed by atoms with van der Waals surface area (Å²) in [7, 11) is 0. The number of nitrogen functional groups attached to an aromatic ring is 1. The van der Waals surface area contributed by atoms with Crippen molar-refractivity contribution in [2.75, 3.05) is 43.4 Å². The zero-order valence-electron chi connectivity index (χ0n) is 25.2. The van der Waals surface area contributed by atoms with E-state index in [1.807, 2.05) is 10.8 Å². The first-order chi connectivity index (χ1) is 22.6. The topological polar surface area (TPSA) is 79.5 Å². The van der Waals surface area contributed by atoms with Crippen LogP contribution in [0.5, 0.6) is 6.01 Å². The first-order valence-electron chi connectivity index (χ1n) is 15.7. The highest BCUT2D eigenvalue weighted by atomic mass is 19.2. The van der Waals surface area contributed by atoms with Gasteiger partial charge in [-0.05, 0) is 56.0 Å². The van der Waals surface area contributed by atoms with Gasteiger partial charge in [-0.25, -0.2) is 26.3 Å². The Hall–Kier alpha value is -4.28. The van der Waals surface area contributed by atoms with Crippen molar-refractivity contribution >= 4 is 33.2 Å². The van der Waals surface area contributed by atoms with E-state index in [9.17, 15) is 13.2 Å². The summed E-state index contributed by atoms with van der Waals surface area (Å²) in [5.41, 5.74) is 3.20. The number of hydrogen-bond donors (Lipinski definition) is 2. The number of rotatable bonds is 5. The van der Waals surface area contributed by atoms with E-state index in [0.717, 1.165) is 50.4 Å². The molecule has 3 N–H and O–H groups in total. The van der Waals surface area contributed by atoms with Crippen LogP contribution in [0.25, 0.3) is 32.8 Å². The highest BCUT2D eigenvalue weighted by molar-refractivity contribution is 6.05. The van der Waals surface area contributed by atoms with Gasteiger partial charge in [-0.1, -0.05) is 5.92 Å². The Morgan fingerprint density at radius 2 is 1.74 bits per heavy atom. The number of terminal acetylenes is 1. The van der Waals surface area contributed by atoms with Crippen LogP contribution in [-0.4, -0.2) is 71.4 Å². The second-order valence-electron chi connectivity index (χ2n) is 13.1. The molecule has 0 radical (unpaired) electrons. The van der Waals surface area contributed by atoms with E-state index < -0.39 is 62.7 Å². The van der Waals surface area contributed by atoms with Crippen LogP contribution in [-0.2, 0) is 0 Å². The van der Waals surface area contributed by atoms with Gasteiger partial charge in [0, 0.05) is 60.0 Å². The molecule has 4 atom stereocenters. The quantitative estimate of drug-likeness (QED) is 0.126. The summed E-state index contributed by atoms with van der Waals surface area (Å²) in [6.45, 7) is 2.20. The number of benzene rings is 3. The number of hydrogen-bond acceptors (Lipinski definition) is 7. The average molecular weight is 653 g/mol. The summed E-state index contributed by atoms with van der Waals surface area (Å²) in [5, 5.41) is 2.64. The molecule has 4 fully saturated rings. The molecule has 4 unspecified atom stereocenters. The van der Waals surface area contributed by atoms with Gasteiger partial charge in [-0.3, -0.25) is 4.90 Å². The number of halogens is 6. The molecule has 0 amide bonds. The van der Waals surface area contributed by atoms with Crippen LogP contribution in [0.4, 0.5) is 37.8 Å². The molecule has 3 aromatic carbocycles. The number of aromatic nitrogens is 2. The maximum atomic E-state index is 16.9. The number of nitrogens with two attached hydrogens (primary N) is 1. The van der Waals surface area contributed by atoms with Gasteiger partial charge in [0.15, 0.2) is 23.3 Å². The molecular formula is C34H30F6N6O. The lowest BCUT2D eigenvalue weighted by atomic mass is 9.91. The van der Waals surface area contributed by atoms with Crippen LogP contribution in [0.1, 0.15) is 37.7 Å². The smallest absolute Gasteiger partial charge is 0.319 e. The van der Waals surface area contributed by atoms with E-state index in [-0.39, 0.29) is 52.7 Å². The van der Waals surface area contributed by atoms with Gasteiger partial charge in [-0.2, -0.15) is 9.97 Å². The molecule has 7 nitrogen and oxygen atoms in total. The lowest BCUT2D eigenvalue weighted by molar-refractivity contribution is 0.107. The number of piperazine rings is 1. The molecule has 4 aliphatic heterocycles. The molecule has 47 heavy (non-hydrogen) atoms. The fourth-order valence-electron chi connectivity index (χ4n) is 8.20. The number of anilines is 2. The molecule has 1 aromatic heterocycles. The minimum Gasteiger partial charge on any atom is -0.461 e. The molecular weight excluding hydrogens is 622 g/mol. The van der Waals surface area contributed by atoms with Gasteiger partial charge in [-0.15, -0.1) is 6.42 Å². The molecule has 5 heterocycles. The van der Waals surface area contributed by atoms with Crippen LogP contribution < -0.4 is 20.7 Å². The maximum Gasteiger partial charge on any atom is 0.319 e. The Bertz CT molecular complexity index is 2010. The summed E-state index contributed by atoms with van der Waals surface area (Å²) in [6.07, 6.45) is 8.30. The van der Waals surface area contributed by atoms with Crippen molar-refractivity contribution < 1.29 is 31.1 Å². The monoisotopic (exact) mass is 652 g/mol. The van der Waals surface area contributed by atoms with Gasteiger partial charge in [0.25, 0.3) is 0 Å². The summed E-state index contributed by atoms with van der Waals surface area (Å²) >= 11 is 0. The van der Waals surface area contributed by atoms with Gasteiger partial charge >= 0.3 is 6.01 Å². The molecule has 2 bridgehead atoms.